The maximum Gasteiger partial charge on any atom is 0.0214 e. The van der Waals surface area contributed by atoms with Gasteiger partial charge in [0.2, 0.25) is 0 Å². The molecule has 0 aliphatic rings. The molecule has 0 saturated heterocycles. The number of likely N-dealkylation sites (N-methyl/N-ethyl adjacent to an activating group) is 1. The normalized spacial score (nSPS) is 9.56. The third kappa shape index (κ3) is 5.35. The Bertz CT molecular complexity index is 93.6. The first-order chi connectivity index (χ1) is 4.31. The number of hydrogen-bond acceptors (Lipinski definition) is 2. The summed E-state index contributed by atoms with van der Waals surface area (Å²) in [5, 5.41) is 0. The van der Waals surface area contributed by atoms with E-state index < -0.39 is 0 Å². The highest BCUT2D eigenvalue weighted by molar-refractivity contribution is 4.84. The fraction of sp³-hybridized carbons (Fsp3) is 0.714. The van der Waals surface area contributed by atoms with E-state index in [0.29, 0.717) is 6.54 Å². The van der Waals surface area contributed by atoms with E-state index in [1.54, 1.807) is 0 Å². The summed E-state index contributed by atoms with van der Waals surface area (Å²) in [4.78, 5) is 2.12. The predicted molar refractivity (Wildman–Crippen MR) is 40.0 cm³/mol. The zero-order valence-corrected chi connectivity index (χ0v) is 5.93. The van der Waals surface area contributed by atoms with E-state index >= 15 is 0 Å². The first kappa shape index (κ1) is 8.48. The van der Waals surface area contributed by atoms with Gasteiger partial charge in [-0.15, -0.1) is 12.3 Å². The molecule has 0 aromatic rings. The van der Waals surface area contributed by atoms with E-state index in [0.717, 1.165) is 19.5 Å². The molecule has 0 amide bonds. The minimum Gasteiger partial charge on any atom is -0.329 e. The van der Waals surface area contributed by atoms with E-state index in [2.05, 4.69) is 10.8 Å². The molecule has 0 bridgehead atoms. The molecule has 0 atom stereocenters. The average Bonchev–Trinajstić information content (AvgIpc) is 1.85. The molecule has 0 unspecified atom stereocenters. The van der Waals surface area contributed by atoms with Gasteiger partial charge in [0, 0.05) is 26.1 Å². The SMILES string of the molecule is C#CCCN(C)CCN. The van der Waals surface area contributed by atoms with Crippen LogP contribution in [0.25, 0.3) is 0 Å². The fourth-order valence-corrected chi connectivity index (χ4v) is 0.588. The summed E-state index contributed by atoms with van der Waals surface area (Å²) in [6.45, 7) is 2.59. The smallest absolute Gasteiger partial charge is 0.0214 e. The number of nitrogens with two attached hydrogens (primary N) is 1. The van der Waals surface area contributed by atoms with Crippen LogP contribution in [0.4, 0.5) is 0 Å². The zero-order valence-electron chi connectivity index (χ0n) is 5.93. The molecule has 0 saturated carbocycles. The molecule has 0 radical (unpaired) electrons. The van der Waals surface area contributed by atoms with Gasteiger partial charge in [0.25, 0.3) is 0 Å². The Labute approximate surface area is 57.0 Å². The van der Waals surface area contributed by atoms with Crippen LogP contribution in [-0.4, -0.2) is 31.6 Å². The van der Waals surface area contributed by atoms with Crippen molar-refractivity contribution in [2.45, 2.75) is 6.42 Å². The standard InChI is InChI=1S/C7H14N2/c1-3-4-6-9(2)7-5-8/h1H,4-8H2,2H3. The number of terminal acetylenes is 1. The van der Waals surface area contributed by atoms with Gasteiger partial charge < -0.3 is 10.6 Å². The van der Waals surface area contributed by atoms with E-state index in [1.165, 1.54) is 0 Å². The summed E-state index contributed by atoms with van der Waals surface area (Å²) in [6, 6.07) is 0. The Morgan fingerprint density at radius 1 is 1.56 bits per heavy atom. The van der Waals surface area contributed by atoms with Crippen molar-refractivity contribution in [3.05, 3.63) is 0 Å². The van der Waals surface area contributed by atoms with Gasteiger partial charge in [0.1, 0.15) is 0 Å². The molecular weight excluding hydrogens is 112 g/mol. The Hall–Kier alpha value is -0.520. The second-order valence-electron chi connectivity index (χ2n) is 2.05. The third-order valence-corrected chi connectivity index (χ3v) is 1.15. The molecule has 0 aromatic heterocycles. The summed E-state index contributed by atoms with van der Waals surface area (Å²) < 4.78 is 0. The number of nitrogens with zero attached hydrogens (tertiary/aromatic N) is 1. The van der Waals surface area contributed by atoms with Gasteiger partial charge in [-0.3, -0.25) is 0 Å². The highest BCUT2D eigenvalue weighted by atomic mass is 15.1. The van der Waals surface area contributed by atoms with Crippen LogP contribution in [0.2, 0.25) is 0 Å². The van der Waals surface area contributed by atoms with Gasteiger partial charge in [0.15, 0.2) is 0 Å². The largest absolute Gasteiger partial charge is 0.329 e. The lowest BCUT2D eigenvalue weighted by molar-refractivity contribution is 0.352. The van der Waals surface area contributed by atoms with Crippen LogP contribution >= 0.6 is 0 Å². The molecule has 2 nitrogen and oxygen atoms in total. The molecule has 0 aliphatic heterocycles. The van der Waals surface area contributed by atoms with Gasteiger partial charge in [-0.2, -0.15) is 0 Å². The maximum absolute atomic E-state index is 5.31. The van der Waals surface area contributed by atoms with Gasteiger partial charge in [-0.1, -0.05) is 0 Å². The van der Waals surface area contributed by atoms with E-state index in [1.807, 2.05) is 7.05 Å². The van der Waals surface area contributed by atoms with Gasteiger partial charge >= 0.3 is 0 Å². The van der Waals surface area contributed by atoms with Crippen LogP contribution in [-0.2, 0) is 0 Å². The lowest BCUT2D eigenvalue weighted by Crippen LogP contribution is -2.26. The lowest BCUT2D eigenvalue weighted by atomic mass is 10.4. The van der Waals surface area contributed by atoms with Crippen molar-refractivity contribution in [1.29, 1.82) is 0 Å². The maximum atomic E-state index is 5.31. The molecule has 0 heterocycles. The minimum absolute atomic E-state index is 0.709. The number of hydrogen-bond donors (Lipinski definition) is 1. The highest BCUT2D eigenvalue weighted by Crippen LogP contribution is 1.82. The van der Waals surface area contributed by atoms with E-state index in [9.17, 15) is 0 Å². The molecule has 0 spiro atoms. The van der Waals surface area contributed by atoms with Crippen molar-refractivity contribution in [2.24, 2.45) is 5.73 Å². The summed E-state index contributed by atoms with van der Waals surface area (Å²) in [7, 11) is 2.02. The molecule has 0 fully saturated rings. The summed E-state index contributed by atoms with van der Waals surface area (Å²) in [5.74, 6) is 2.57. The molecular formula is C7H14N2. The van der Waals surface area contributed by atoms with Crippen molar-refractivity contribution in [1.82, 2.24) is 4.90 Å². The Morgan fingerprint density at radius 2 is 2.22 bits per heavy atom. The lowest BCUT2D eigenvalue weighted by Gasteiger charge is -2.12. The predicted octanol–water partition coefficient (Wildman–Crippen LogP) is -0.0998. The quantitative estimate of drug-likeness (QED) is 0.533. The van der Waals surface area contributed by atoms with Gasteiger partial charge in [0.05, 0.1) is 0 Å². The monoisotopic (exact) mass is 126 g/mol. The Balaban J connectivity index is 3.07. The second-order valence-corrected chi connectivity index (χ2v) is 2.05. The third-order valence-electron chi connectivity index (χ3n) is 1.15. The van der Waals surface area contributed by atoms with Gasteiger partial charge in [-0.25, -0.2) is 0 Å². The molecule has 9 heavy (non-hydrogen) atoms. The second kappa shape index (κ2) is 5.61. The van der Waals surface area contributed by atoms with Crippen LogP contribution in [0, 0.1) is 12.3 Å². The highest BCUT2D eigenvalue weighted by Gasteiger charge is 1.91. The topological polar surface area (TPSA) is 29.3 Å². The van der Waals surface area contributed by atoms with Crippen LogP contribution in [0.15, 0.2) is 0 Å². The van der Waals surface area contributed by atoms with Crippen molar-refractivity contribution >= 4 is 0 Å². The molecule has 2 N–H and O–H groups in total. The van der Waals surface area contributed by atoms with Crippen molar-refractivity contribution < 1.29 is 0 Å². The Kier molecular flexibility index (Phi) is 5.29. The Morgan fingerprint density at radius 3 is 2.67 bits per heavy atom. The van der Waals surface area contributed by atoms with Crippen LogP contribution in [0.3, 0.4) is 0 Å². The van der Waals surface area contributed by atoms with Crippen LogP contribution < -0.4 is 5.73 Å². The first-order valence-corrected chi connectivity index (χ1v) is 3.13. The number of rotatable bonds is 4. The van der Waals surface area contributed by atoms with Crippen molar-refractivity contribution in [3.63, 3.8) is 0 Å². The van der Waals surface area contributed by atoms with Crippen molar-refractivity contribution in [2.75, 3.05) is 26.7 Å². The zero-order chi connectivity index (χ0) is 7.11. The summed E-state index contributed by atoms with van der Waals surface area (Å²) >= 11 is 0. The van der Waals surface area contributed by atoms with Crippen molar-refractivity contribution in [3.8, 4) is 12.3 Å². The molecule has 0 aliphatic carbocycles. The summed E-state index contributed by atoms with van der Waals surface area (Å²) in [5.41, 5.74) is 5.31. The fourth-order valence-electron chi connectivity index (χ4n) is 0.588. The van der Waals surface area contributed by atoms with E-state index in [-0.39, 0.29) is 0 Å². The summed E-state index contributed by atoms with van der Waals surface area (Å²) in [6.07, 6.45) is 5.88. The minimum atomic E-state index is 0.709. The molecule has 52 valence electrons. The van der Waals surface area contributed by atoms with Crippen LogP contribution in [0.1, 0.15) is 6.42 Å². The first-order valence-electron chi connectivity index (χ1n) is 3.13. The molecule has 0 rings (SSSR count). The van der Waals surface area contributed by atoms with Gasteiger partial charge in [-0.05, 0) is 7.05 Å². The van der Waals surface area contributed by atoms with E-state index in [4.69, 9.17) is 12.2 Å². The average molecular weight is 126 g/mol. The molecule has 2 heteroatoms. The van der Waals surface area contributed by atoms with Crippen LogP contribution in [0.5, 0.6) is 0 Å². The molecule has 0 aromatic carbocycles.